The molecule has 0 spiro atoms. The van der Waals surface area contributed by atoms with Crippen molar-refractivity contribution in [1.82, 2.24) is 0 Å². The molecule has 3 atom stereocenters. The first-order chi connectivity index (χ1) is 10.8. The molecular formula is C20H28O3. The summed E-state index contributed by atoms with van der Waals surface area (Å²) in [4.78, 5) is 11.7. The number of aliphatic hydroxyl groups is 1. The van der Waals surface area contributed by atoms with Crippen molar-refractivity contribution in [2.45, 2.75) is 52.9 Å². The van der Waals surface area contributed by atoms with Gasteiger partial charge in [0.2, 0.25) is 0 Å². The second-order valence-electron chi connectivity index (χ2n) is 8.37. The zero-order valence-corrected chi connectivity index (χ0v) is 14.5. The molecule has 3 unspecified atom stereocenters. The Morgan fingerprint density at radius 3 is 2.70 bits per heavy atom. The molecule has 1 aliphatic heterocycles. The fourth-order valence-electron chi connectivity index (χ4n) is 5.33. The van der Waals surface area contributed by atoms with Crippen LogP contribution in [0.3, 0.4) is 0 Å². The van der Waals surface area contributed by atoms with Gasteiger partial charge in [-0.25, -0.2) is 4.79 Å². The number of carbonyl (C=O) groups excluding carboxylic acids is 1. The summed E-state index contributed by atoms with van der Waals surface area (Å²) < 4.78 is 4.87. The Balaban J connectivity index is 1.92. The van der Waals surface area contributed by atoms with Gasteiger partial charge in [-0.1, -0.05) is 45.4 Å². The van der Waals surface area contributed by atoms with Crippen molar-refractivity contribution in [1.29, 1.82) is 0 Å². The minimum absolute atomic E-state index is 0.00293. The average molecular weight is 316 g/mol. The molecule has 0 bridgehead atoms. The molecule has 3 rings (SSSR count). The third-order valence-corrected chi connectivity index (χ3v) is 6.51. The van der Waals surface area contributed by atoms with Crippen LogP contribution < -0.4 is 0 Å². The zero-order valence-electron chi connectivity index (χ0n) is 14.5. The molecule has 0 aromatic carbocycles. The first kappa shape index (κ1) is 16.4. The minimum atomic E-state index is -0.425. The van der Waals surface area contributed by atoms with E-state index >= 15 is 0 Å². The number of rotatable bonds is 2. The summed E-state index contributed by atoms with van der Waals surface area (Å²) in [5.74, 6) is 0.542. The van der Waals surface area contributed by atoms with Crippen LogP contribution in [0.5, 0.6) is 0 Å². The second-order valence-corrected chi connectivity index (χ2v) is 8.37. The fraction of sp³-hybridized carbons (Fsp3) is 0.650. The Morgan fingerprint density at radius 1 is 1.30 bits per heavy atom. The molecular weight excluding hydrogens is 288 g/mol. The number of hydrogen-bond acceptors (Lipinski definition) is 3. The van der Waals surface area contributed by atoms with Crippen LogP contribution in [0.1, 0.15) is 52.9 Å². The first-order valence-corrected chi connectivity index (χ1v) is 8.71. The van der Waals surface area contributed by atoms with Crippen LogP contribution in [0.25, 0.3) is 0 Å². The smallest absolute Gasteiger partial charge is 0.342 e. The summed E-state index contributed by atoms with van der Waals surface area (Å²) in [6.45, 7) is 11.5. The van der Waals surface area contributed by atoms with Crippen molar-refractivity contribution >= 4 is 5.97 Å². The van der Waals surface area contributed by atoms with Crippen molar-refractivity contribution in [3.05, 3.63) is 35.6 Å². The highest BCUT2D eigenvalue weighted by molar-refractivity contribution is 5.94. The van der Waals surface area contributed by atoms with E-state index in [-0.39, 0.29) is 23.7 Å². The molecule has 0 saturated heterocycles. The zero-order chi connectivity index (χ0) is 16.8. The lowest BCUT2D eigenvalue weighted by Gasteiger charge is -2.57. The van der Waals surface area contributed by atoms with E-state index in [2.05, 4.69) is 33.4 Å². The van der Waals surface area contributed by atoms with Gasteiger partial charge >= 0.3 is 5.97 Å². The summed E-state index contributed by atoms with van der Waals surface area (Å²) in [5, 5.41) is 9.79. The molecule has 0 aromatic heterocycles. The second kappa shape index (κ2) is 5.54. The van der Waals surface area contributed by atoms with Crippen LogP contribution in [0.2, 0.25) is 0 Å². The van der Waals surface area contributed by atoms with E-state index in [0.717, 1.165) is 6.42 Å². The summed E-state index contributed by atoms with van der Waals surface area (Å²) in [6.07, 6.45) is 9.84. The Kier molecular flexibility index (Phi) is 3.94. The van der Waals surface area contributed by atoms with Gasteiger partial charge in [-0.05, 0) is 48.5 Å². The number of esters is 1. The predicted octanol–water partition coefficient (Wildman–Crippen LogP) is 4.71. The molecule has 1 N–H and O–H groups in total. The summed E-state index contributed by atoms with van der Waals surface area (Å²) >= 11 is 0. The van der Waals surface area contributed by atoms with Crippen LogP contribution >= 0.6 is 0 Å². The molecule has 2 aliphatic carbocycles. The van der Waals surface area contributed by atoms with Crippen LogP contribution in [0, 0.1) is 22.7 Å². The Bertz CT molecular complexity index is 596. The van der Waals surface area contributed by atoms with Crippen molar-refractivity contribution in [2.75, 3.05) is 6.61 Å². The lowest BCUT2D eigenvalue weighted by Crippen LogP contribution is -2.48. The molecule has 0 aromatic rings. The predicted molar refractivity (Wildman–Crippen MR) is 90.8 cm³/mol. The van der Waals surface area contributed by atoms with Crippen molar-refractivity contribution in [2.24, 2.45) is 22.7 Å². The normalized spacial score (nSPS) is 37.2. The molecule has 0 radical (unpaired) electrons. The standard InChI is InChI=1S/C20H28O3/c1-13-6-9-17-19(2,3)10-5-11-20(17,4)15(13)8-7-14-16(21)12-23-18(14)22/h7-8,15,17,21H,1,5-6,9-12H2,2-4H3. The van der Waals surface area contributed by atoms with Crippen molar-refractivity contribution in [3.63, 3.8) is 0 Å². The Hall–Kier alpha value is -1.51. The Morgan fingerprint density at radius 2 is 2.04 bits per heavy atom. The van der Waals surface area contributed by atoms with Gasteiger partial charge < -0.3 is 9.84 Å². The number of aliphatic hydroxyl groups excluding tert-OH is 1. The quantitative estimate of drug-likeness (QED) is 0.593. The molecule has 0 amide bonds. The minimum Gasteiger partial charge on any atom is -0.508 e. The van der Waals surface area contributed by atoms with Gasteiger partial charge in [-0.3, -0.25) is 0 Å². The highest BCUT2D eigenvalue weighted by Crippen LogP contribution is 2.61. The van der Waals surface area contributed by atoms with Gasteiger partial charge in [-0.15, -0.1) is 0 Å². The van der Waals surface area contributed by atoms with E-state index < -0.39 is 5.97 Å². The summed E-state index contributed by atoms with van der Waals surface area (Å²) in [7, 11) is 0. The van der Waals surface area contributed by atoms with E-state index in [1.54, 1.807) is 6.08 Å². The van der Waals surface area contributed by atoms with Crippen molar-refractivity contribution < 1.29 is 14.6 Å². The van der Waals surface area contributed by atoms with Crippen LogP contribution in [-0.4, -0.2) is 17.7 Å². The fourth-order valence-corrected chi connectivity index (χ4v) is 5.33. The van der Waals surface area contributed by atoms with E-state index in [1.807, 2.05) is 0 Å². The first-order valence-electron chi connectivity index (χ1n) is 8.71. The molecule has 2 saturated carbocycles. The number of cyclic esters (lactones) is 1. The van der Waals surface area contributed by atoms with E-state index in [0.29, 0.717) is 16.9 Å². The summed E-state index contributed by atoms with van der Waals surface area (Å²) in [5.41, 5.74) is 2.10. The highest BCUT2D eigenvalue weighted by atomic mass is 16.5. The van der Waals surface area contributed by atoms with Crippen LogP contribution in [-0.2, 0) is 9.53 Å². The maximum absolute atomic E-state index is 11.7. The van der Waals surface area contributed by atoms with Gasteiger partial charge in [0.05, 0.1) is 0 Å². The lowest BCUT2D eigenvalue weighted by atomic mass is 9.47. The number of hydrogen-bond donors (Lipinski definition) is 1. The molecule has 126 valence electrons. The largest absolute Gasteiger partial charge is 0.508 e. The molecule has 3 heteroatoms. The number of fused-ring (bicyclic) bond motifs is 1. The van der Waals surface area contributed by atoms with Gasteiger partial charge in [0.15, 0.2) is 0 Å². The molecule has 3 aliphatic rings. The van der Waals surface area contributed by atoms with Gasteiger partial charge in [-0.2, -0.15) is 0 Å². The average Bonchev–Trinajstić information content (AvgIpc) is 2.77. The lowest BCUT2D eigenvalue weighted by molar-refractivity contribution is -0.135. The molecule has 2 fully saturated rings. The van der Waals surface area contributed by atoms with Gasteiger partial charge in [0.25, 0.3) is 0 Å². The van der Waals surface area contributed by atoms with Crippen LogP contribution in [0.15, 0.2) is 35.6 Å². The molecule has 23 heavy (non-hydrogen) atoms. The number of ether oxygens (including phenoxy) is 1. The highest BCUT2D eigenvalue weighted by Gasteiger charge is 2.52. The monoisotopic (exact) mass is 316 g/mol. The van der Waals surface area contributed by atoms with Gasteiger partial charge in [0, 0.05) is 5.92 Å². The topological polar surface area (TPSA) is 46.5 Å². The maximum Gasteiger partial charge on any atom is 0.342 e. The molecule has 3 nitrogen and oxygen atoms in total. The third kappa shape index (κ3) is 2.64. The van der Waals surface area contributed by atoms with E-state index in [4.69, 9.17) is 4.74 Å². The SMILES string of the molecule is C=C1CCC2C(C)(C)CCCC2(C)C1C=CC1=C(O)COC1=O. The van der Waals surface area contributed by atoms with Crippen LogP contribution in [0.4, 0.5) is 0 Å². The van der Waals surface area contributed by atoms with Crippen molar-refractivity contribution in [3.8, 4) is 0 Å². The van der Waals surface area contributed by atoms with E-state index in [1.165, 1.54) is 31.3 Å². The molecule has 1 heterocycles. The third-order valence-electron chi connectivity index (χ3n) is 6.51. The number of allylic oxidation sites excluding steroid dienone is 2. The number of carbonyl (C=O) groups is 1. The van der Waals surface area contributed by atoms with E-state index in [9.17, 15) is 9.90 Å². The maximum atomic E-state index is 11.7. The van der Waals surface area contributed by atoms with Gasteiger partial charge in [0.1, 0.15) is 17.9 Å². The summed E-state index contributed by atoms with van der Waals surface area (Å²) in [6, 6.07) is 0. The Labute approximate surface area is 139 Å².